The number of para-hydroxylation sites is 2. The van der Waals surface area contributed by atoms with Crippen LogP contribution in [0.2, 0.25) is 0 Å². The lowest BCUT2D eigenvalue weighted by atomic mass is 10.1. The highest BCUT2D eigenvalue weighted by Crippen LogP contribution is 2.33. The molecule has 0 saturated heterocycles. The molecule has 2 aromatic rings. The molecular formula is C16H15FN2O2. The number of aromatic hydroxyl groups is 1. The quantitative estimate of drug-likeness (QED) is 0.876. The topological polar surface area (TPSA) is 43.8 Å². The van der Waals surface area contributed by atoms with E-state index in [9.17, 15) is 14.3 Å². The SMILES string of the molecule is CN1CCN(C(=O)c2ccc(F)cc2O)c2ccccc21. The van der Waals surface area contributed by atoms with Crippen LogP contribution >= 0.6 is 0 Å². The van der Waals surface area contributed by atoms with Crippen molar-refractivity contribution in [2.75, 3.05) is 29.9 Å². The average Bonchev–Trinajstić information content (AvgIpc) is 2.47. The molecule has 4 nitrogen and oxygen atoms in total. The lowest BCUT2D eigenvalue weighted by molar-refractivity contribution is 0.0984. The third-order valence-corrected chi connectivity index (χ3v) is 3.68. The van der Waals surface area contributed by atoms with Crippen LogP contribution in [-0.2, 0) is 0 Å². The third-order valence-electron chi connectivity index (χ3n) is 3.68. The highest BCUT2D eigenvalue weighted by atomic mass is 19.1. The molecule has 0 bridgehead atoms. The number of benzene rings is 2. The highest BCUT2D eigenvalue weighted by molar-refractivity contribution is 6.09. The van der Waals surface area contributed by atoms with Crippen LogP contribution < -0.4 is 9.80 Å². The summed E-state index contributed by atoms with van der Waals surface area (Å²) in [5.41, 5.74) is 1.86. The van der Waals surface area contributed by atoms with Gasteiger partial charge in [-0.15, -0.1) is 0 Å². The Hall–Kier alpha value is -2.56. The van der Waals surface area contributed by atoms with Gasteiger partial charge in [0.05, 0.1) is 16.9 Å². The Morgan fingerprint density at radius 1 is 1.14 bits per heavy atom. The van der Waals surface area contributed by atoms with Gasteiger partial charge in [-0.2, -0.15) is 0 Å². The fraction of sp³-hybridized carbons (Fsp3) is 0.188. The minimum Gasteiger partial charge on any atom is -0.507 e. The number of nitrogens with zero attached hydrogens (tertiary/aromatic N) is 2. The van der Waals surface area contributed by atoms with Gasteiger partial charge in [0.15, 0.2) is 0 Å². The van der Waals surface area contributed by atoms with Crippen molar-refractivity contribution in [3.8, 4) is 5.75 Å². The van der Waals surface area contributed by atoms with E-state index in [1.165, 1.54) is 12.1 Å². The molecule has 0 aliphatic carbocycles. The minimum absolute atomic E-state index is 0.107. The predicted octanol–water partition coefficient (Wildman–Crippen LogP) is 2.63. The number of anilines is 2. The molecule has 108 valence electrons. The summed E-state index contributed by atoms with van der Waals surface area (Å²) in [4.78, 5) is 16.3. The Kier molecular flexibility index (Phi) is 3.25. The van der Waals surface area contributed by atoms with Crippen molar-refractivity contribution in [2.24, 2.45) is 0 Å². The maximum absolute atomic E-state index is 13.1. The van der Waals surface area contributed by atoms with Gasteiger partial charge in [-0.25, -0.2) is 4.39 Å². The van der Waals surface area contributed by atoms with Crippen LogP contribution in [-0.4, -0.2) is 31.2 Å². The number of hydrogen-bond donors (Lipinski definition) is 1. The van der Waals surface area contributed by atoms with Gasteiger partial charge in [-0.05, 0) is 24.3 Å². The molecular weight excluding hydrogens is 271 g/mol. The number of likely N-dealkylation sites (N-methyl/N-ethyl adjacent to an activating group) is 1. The van der Waals surface area contributed by atoms with Gasteiger partial charge in [-0.1, -0.05) is 12.1 Å². The standard InChI is InChI=1S/C16H15FN2O2/c1-18-8-9-19(14-5-3-2-4-13(14)18)16(21)12-7-6-11(17)10-15(12)20/h2-7,10,20H,8-9H2,1H3. The van der Waals surface area contributed by atoms with Crippen LogP contribution in [0.4, 0.5) is 15.8 Å². The zero-order valence-corrected chi connectivity index (χ0v) is 11.6. The van der Waals surface area contributed by atoms with Crippen molar-refractivity contribution in [3.05, 3.63) is 53.8 Å². The lowest BCUT2D eigenvalue weighted by Gasteiger charge is -2.35. The smallest absolute Gasteiger partial charge is 0.262 e. The molecule has 0 aromatic heterocycles. The Morgan fingerprint density at radius 3 is 2.57 bits per heavy atom. The minimum atomic E-state index is -0.567. The van der Waals surface area contributed by atoms with Gasteiger partial charge in [0.25, 0.3) is 5.91 Å². The summed E-state index contributed by atoms with van der Waals surface area (Å²) < 4.78 is 13.1. The molecule has 0 radical (unpaired) electrons. The molecule has 0 spiro atoms. The molecule has 1 aliphatic heterocycles. The first-order valence-corrected chi connectivity index (χ1v) is 6.68. The molecule has 1 heterocycles. The fourth-order valence-corrected chi connectivity index (χ4v) is 2.55. The van der Waals surface area contributed by atoms with Crippen molar-refractivity contribution in [3.63, 3.8) is 0 Å². The second kappa shape index (κ2) is 5.09. The zero-order valence-electron chi connectivity index (χ0n) is 11.6. The first kappa shape index (κ1) is 13.4. The van der Waals surface area contributed by atoms with Gasteiger partial charge in [0.1, 0.15) is 11.6 Å². The van der Waals surface area contributed by atoms with E-state index in [1.54, 1.807) is 4.90 Å². The number of rotatable bonds is 1. The van der Waals surface area contributed by atoms with Crippen LogP contribution in [0.15, 0.2) is 42.5 Å². The average molecular weight is 286 g/mol. The van der Waals surface area contributed by atoms with Crippen molar-refractivity contribution in [1.82, 2.24) is 0 Å². The fourth-order valence-electron chi connectivity index (χ4n) is 2.55. The molecule has 0 atom stereocenters. The maximum atomic E-state index is 13.1. The summed E-state index contributed by atoms with van der Waals surface area (Å²) in [5, 5.41) is 9.79. The number of amides is 1. The van der Waals surface area contributed by atoms with E-state index in [0.717, 1.165) is 17.4 Å². The Morgan fingerprint density at radius 2 is 1.86 bits per heavy atom. The van der Waals surface area contributed by atoms with Crippen LogP contribution in [0.3, 0.4) is 0 Å². The van der Waals surface area contributed by atoms with Crippen molar-refractivity contribution in [1.29, 1.82) is 0 Å². The highest BCUT2D eigenvalue weighted by Gasteiger charge is 2.27. The molecule has 1 N–H and O–H groups in total. The molecule has 1 aliphatic rings. The van der Waals surface area contributed by atoms with Gasteiger partial charge in [0, 0.05) is 26.2 Å². The first-order valence-electron chi connectivity index (χ1n) is 6.68. The van der Waals surface area contributed by atoms with E-state index in [2.05, 4.69) is 4.90 Å². The van der Waals surface area contributed by atoms with Gasteiger partial charge in [0.2, 0.25) is 0 Å². The summed E-state index contributed by atoms with van der Waals surface area (Å²) >= 11 is 0. The molecule has 2 aromatic carbocycles. The van der Waals surface area contributed by atoms with Crippen molar-refractivity contribution in [2.45, 2.75) is 0 Å². The van der Waals surface area contributed by atoms with Gasteiger partial charge < -0.3 is 14.9 Å². The number of hydrogen-bond acceptors (Lipinski definition) is 3. The van der Waals surface area contributed by atoms with E-state index in [1.807, 2.05) is 31.3 Å². The predicted molar refractivity (Wildman–Crippen MR) is 79.5 cm³/mol. The molecule has 3 rings (SSSR count). The van der Waals surface area contributed by atoms with Crippen LogP contribution in [0.1, 0.15) is 10.4 Å². The van der Waals surface area contributed by atoms with E-state index >= 15 is 0 Å². The maximum Gasteiger partial charge on any atom is 0.262 e. The van der Waals surface area contributed by atoms with Crippen LogP contribution in [0.5, 0.6) is 5.75 Å². The van der Waals surface area contributed by atoms with Crippen molar-refractivity contribution >= 4 is 17.3 Å². The molecule has 0 unspecified atom stereocenters. The molecule has 21 heavy (non-hydrogen) atoms. The first-order chi connectivity index (χ1) is 10.1. The third kappa shape index (κ3) is 2.31. The summed E-state index contributed by atoms with van der Waals surface area (Å²) in [6.45, 7) is 1.22. The molecule has 0 saturated carbocycles. The van der Waals surface area contributed by atoms with Gasteiger partial charge >= 0.3 is 0 Å². The van der Waals surface area contributed by atoms with E-state index < -0.39 is 5.82 Å². The Bertz CT molecular complexity index is 702. The van der Waals surface area contributed by atoms with E-state index in [-0.39, 0.29) is 17.2 Å². The van der Waals surface area contributed by atoms with E-state index in [0.29, 0.717) is 13.1 Å². The van der Waals surface area contributed by atoms with Crippen molar-refractivity contribution < 1.29 is 14.3 Å². The normalized spacial score (nSPS) is 14.0. The number of fused-ring (bicyclic) bond motifs is 1. The number of phenols is 1. The van der Waals surface area contributed by atoms with E-state index in [4.69, 9.17) is 0 Å². The summed E-state index contributed by atoms with van der Waals surface area (Å²) in [5.74, 6) is -1.23. The second-order valence-corrected chi connectivity index (χ2v) is 5.03. The zero-order chi connectivity index (χ0) is 15.0. The number of halogens is 1. The monoisotopic (exact) mass is 286 g/mol. The molecule has 5 heteroatoms. The van der Waals surface area contributed by atoms with Crippen LogP contribution in [0.25, 0.3) is 0 Å². The largest absolute Gasteiger partial charge is 0.507 e. The number of carbonyl (C=O) groups is 1. The molecule has 0 fully saturated rings. The molecule has 1 amide bonds. The Labute approximate surface area is 122 Å². The lowest BCUT2D eigenvalue weighted by Crippen LogP contribution is -2.42. The number of carbonyl (C=O) groups excluding carboxylic acids is 1. The summed E-state index contributed by atoms with van der Waals surface area (Å²) in [7, 11) is 1.97. The van der Waals surface area contributed by atoms with Crippen LogP contribution in [0, 0.1) is 5.82 Å². The van der Waals surface area contributed by atoms with Gasteiger partial charge in [-0.3, -0.25) is 4.79 Å². The number of phenolic OH excluding ortho intramolecular Hbond substituents is 1. The Balaban J connectivity index is 2.01. The second-order valence-electron chi connectivity index (χ2n) is 5.03. The summed E-state index contributed by atoms with van der Waals surface area (Å²) in [6.07, 6.45) is 0. The summed E-state index contributed by atoms with van der Waals surface area (Å²) in [6, 6.07) is 11.0.